The second kappa shape index (κ2) is 5.51. The third-order valence-electron chi connectivity index (χ3n) is 2.53. The van der Waals surface area contributed by atoms with Crippen molar-refractivity contribution in [3.63, 3.8) is 0 Å². The highest BCUT2D eigenvalue weighted by molar-refractivity contribution is 5.65. The van der Waals surface area contributed by atoms with Crippen molar-refractivity contribution in [1.82, 2.24) is 4.98 Å². The number of rotatable bonds is 4. The fourth-order valence-corrected chi connectivity index (χ4v) is 1.61. The van der Waals surface area contributed by atoms with Crippen LogP contribution in [0.1, 0.15) is 0 Å². The number of nitrogens with one attached hydrogen (secondary N) is 2. The van der Waals surface area contributed by atoms with E-state index in [-0.39, 0.29) is 11.6 Å². The van der Waals surface area contributed by atoms with E-state index >= 15 is 0 Å². The van der Waals surface area contributed by atoms with Crippen LogP contribution in [0.4, 0.5) is 26.1 Å². The fourth-order valence-electron chi connectivity index (χ4n) is 1.61. The minimum atomic E-state index is -0.776. The summed E-state index contributed by atoms with van der Waals surface area (Å²) in [6, 6.07) is 7.77. The summed E-state index contributed by atoms with van der Waals surface area (Å²) in [7, 11) is 3.02. The van der Waals surface area contributed by atoms with Crippen LogP contribution in [0, 0.1) is 11.6 Å². The summed E-state index contributed by atoms with van der Waals surface area (Å²) in [5, 5.41) is 5.33. The molecule has 2 N–H and O–H groups in total. The Kier molecular flexibility index (Phi) is 3.79. The highest BCUT2D eigenvalue weighted by Crippen LogP contribution is 2.28. The quantitative estimate of drug-likeness (QED) is 0.891. The number of aromatic nitrogens is 1. The van der Waals surface area contributed by atoms with Crippen molar-refractivity contribution in [1.29, 1.82) is 0 Å². The summed E-state index contributed by atoms with van der Waals surface area (Å²) in [4.78, 5) is 3.83. The first-order valence-electron chi connectivity index (χ1n) is 5.59. The van der Waals surface area contributed by atoms with Crippen LogP contribution in [-0.2, 0) is 0 Å². The maximum absolute atomic E-state index is 13.7. The van der Waals surface area contributed by atoms with Crippen LogP contribution < -0.4 is 15.4 Å². The molecule has 2 rings (SSSR count). The van der Waals surface area contributed by atoms with Gasteiger partial charge in [0.1, 0.15) is 5.75 Å². The van der Waals surface area contributed by atoms with Crippen molar-refractivity contribution in [2.45, 2.75) is 0 Å². The van der Waals surface area contributed by atoms with Gasteiger partial charge in [-0.2, -0.15) is 0 Å². The van der Waals surface area contributed by atoms with Gasteiger partial charge < -0.3 is 15.4 Å². The molecule has 0 saturated carbocycles. The standard InChI is InChI=1S/C13H13F2N3O/c1-16-12-8(14)7-9(15)13(18-12)17-10-5-3-4-6-11(10)19-2/h3-7H,1-2H3,(H2,16,17,18). The van der Waals surface area contributed by atoms with E-state index in [1.165, 1.54) is 14.2 Å². The van der Waals surface area contributed by atoms with Crippen LogP contribution in [0.3, 0.4) is 0 Å². The molecule has 0 radical (unpaired) electrons. The van der Waals surface area contributed by atoms with Crippen molar-refractivity contribution < 1.29 is 13.5 Å². The number of nitrogens with zero attached hydrogens (tertiary/aromatic N) is 1. The Bertz CT molecular complexity index is 590. The zero-order valence-electron chi connectivity index (χ0n) is 10.5. The molecule has 0 spiro atoms. The number of methoxy groups -OCH3 is 1. The largest absolute Gasteiger partial charge is 0.495 e. The van der Waals surface area contributed by atoms with Gasteiger partial charge in [0.25, 0.3) is 0 Å². The monoisotopic (exact) mass is 265 g/mol. The SMILES string of the molecule is CNc1nc(Nc2ccccc2OC)c(F)cc1F. The minimum absolute atomic E-state index is 0.0289. The molecule has 4 nitrogen and oxygen atoms in total. The van der Waals surface area contributed by atoms with Gasteiger partial charge in [-0.3, -0.25) is 0 Å². The molecule has 1 heterocycles. The second-order valence-corrected chi connectivity index (χ2v) is 3.72. The predicted molar refractivity (Wildman–Crippen MR) is 70.0 cm³/mol. The summed E-state index contributed by atoms with van der Waals surface area (Å²) in [5.74, 6) is -1.08. The zero-order chi connectivity index (χ0) is 13.8. The normalized spacial score (nSPS) is 10.1. The number of anilines is 3. The first kappa shape index (κ1) is 13.1. The Hall–Kier alpha value is -2.37. The van der Waals surface area contributed by atoms with E-state index in [0.717, 1.165) is 6.07 Å². The van der Waals surface area contributed by atoms with Gasteiger partial charge in [-0.15, -0.1) is 0 Å². The number of para-hydroxylation sites is 2. The second-order valence-electron chi connectivity index (χ2n) is 3.72. The van der Waals surface area contributed by atoms with Gasteiger partial charge in [0, 0.05) is 13.1 Å². The van der Waals surface area contributed by atoms with Crippen LogP contribution in [-0.4, -0.2) is 19.1 Å². The van der Waals surface area contributed by atoms with E-state index in [1.807, 2.05) is 0 Å². The van der Waals surface area contributed by atoms with Crippen molar-refractivity contribution in [3.05, 3.63) is 42.0 Å². The first-order chi connectivity index (χ1) is 9.15. The number of ether oxygens (including phenoxy) is 1. The van der Waals surface area contributed by atoms with Crippen LogP contribution in [0.5, 0.6) is 5.75 Å². The highest BCUT2D eigenvalue weighted by Gasteiger charge is 2.12. The van der Waals surface area contributed by atoms with E-state index in [2.05, 4.69) is 15.6 Å². The molecule has 0 aliphatic heterocycles. The van der Waals surface area contributed by atoms with Gasteiger partial charge >= 0.3 is 0 Å². The predicted octanol–water partition coefficient (Wildman–Crippen LogP) is 3.15. The van der Waals surface area contributed by atoms with E-state index < -0.39 is 11.6 Å². The summed E-state index contributed by atoms with van der Waals surface area (Å²) in [6.07, 6.45) is 0. The molecule has 100 valence electrons. The van der Waals surface area contributed by atoms with Gasteiger partial charge in [0.05, 0.1) is 12.8 Å². The van der Waals surface area contributed by atoms with E-state index in [4.69, 9.17) is 4.74 Å². The number of pyridine rings is 1. The smallest absolute Gasteiger partial charge is 0.169 e. The molecule has 0 fully saturated rings. The molecule has 0 bridgehead atoms. The van der Waals surface area contributed by atoms with Crippen molar-refractivity contribution in [2.75, 3.05) is 24.8 Å². The third kappa shape index (κ3) is 2.73. The highest BCUT2D eigenvalue weighted by atomic mass is 19.1. The summed E-state index contributed by atoms with van der Waals surface area (Å²) in [5.41, 5.74) is 0.546. The summed E-state index contributed by atoms with van der Waals surface area (Å²) in [6.45, 7) is 0. The molecule has 0 aliphatic rings. The lowest BCUT2D eigenvalue weighted by atomic mass is 10.3. The Balaban J connectivity index is 2.38. The number of hydrogen-bond donors (Lipinski definition) is 2. The Labute approximate surface area is 109 Å². The molecule has 2 aromatic rings. The average molecular weight is 265 g/mol. The Morgan fingerprint density at radius 3 is 2.47 bits per heavy atom. The van der Waals surface area contributed by atoms with E-state index in [9.17, 15) is 8.78 Å². The Morgan fingerprint density at radius 2 is 1.79 bits per heavy atom. The number of hydrogen-bond acceptors (Lipinski definition) is 4. The average Bonchev–Trinajstić information content (AvgIpc) is 2.42. The first-order valence-corrected chi connectivity index (χ1v) is 5.59. The molecule has 0 unspecified atom stereocenters. The van der Waals surface area contributed by atoms with Gasteiger partial charge in [0.15, 0.2) is 23.3 Å². The molecule has 0 amide bonds. The van der Waals surface area contributed by atoms with Crippen LogP contribution in [0.2, 0.25) is 0 Å². The molecular weight excluding hydrogens is 252 g/mol. The summed E-state index contributed by atoms with van der Waals surface area (Å²) < 4.78 is 32.1. The Morgan fingerprint density at radius 1 is 1.11 bits per heavy atom. The fraction of sp³-hybridized carbons (Fsp3) is 0.154. The van der Waals surface area contributed by atoms with Crippen LogP contribution in [0.15, 0.2) is 30.3 Å². The van der Waals surface area contributed by atoms with Crippen LogP contribution in [0.25, 0.3) is 0 Å². The van der Waals surface area contributed by atoms with E-state index in [1.54, 1.807) is 24.3 Å². The topological polar surface area (TPSA) is 46.2 Å². The van der Waals surface area contributed by atoms with Crippen molar-refractivity contribution in [3.8, 4) is 5.75 Å². The lowest BCUT2D eigenvalue weighted by Gasteiger charge is -2.12. The third-order valence-corrected chi connectivity index (χ3v) is 2.53. The molecule has 0 saturated heterocycles. The zero-order valence-corrected chi connectivity index (χ0v) is 10.5. The van der Waals surface area contributed by atoms with Crippen LogP contribution >= 0.6 is 0 Å². The number of benzene rings is 1. The lowest BCUT2D eigenvalue weighted by Crippen LogP contribution is -2.04. The van der Waals surface area contributed by atoms with Gasteiger partial charge in [0.2, 0.25) is 0 Å². The molecule has 1 aromatic heterocycles. The maximum atomic E-state index is 13.7. The van der Waals surface area contributed by atoms with Crippen molar-refractivity contribution >= 4 is 17.3 Å². The number of halogens is 2. The molecular formula is C13H13F2N3O. The molecule has 0 atom stereocenters. The lowest BCUT2D eigenvalue weighted by molar-refractivity contribution is 0.416. The molecule has 0 aliphatic carbocycles. The van der Waals surface area contributed by atoms with E-state index in [0.29, 0.717) is 11.4 Å². The molecule has 6 heteroatoms. The maximum Gasteiger partial charge on any atom is 0.169 e. The van der Waals surface area contributed by atoms with Crippen molar-refractivity contribution in [2.24, 2.45) is 0 Å². The summed E-state index contributed by atoms with van der Waals surface area (Å²) >= 11 is 0. The molecule has 19 heavy (non-hydrogen) atoms. The van der Waals surface area contributed by atoms with Gasteiger partial charge in [-0.25, -0.2) is 13.8 Å². The van der Waals surface area contributed by atoms with Gasteiger partial charge in [-0.05, 0) is 12.1 Å². The van der Waals surface area contributed by atoms with Gasteiger partial charge in [-0.1, -0.05) is 12.1 Å². The molecule has 1 aromatic carbocycles. The minimum Gasteiger partial charge on any atom is -0.495 e.